The third-order valence-electron chi connectivity index (χ3n) is 3.40. The first-order chi connectivity index (χ1) is 9.56. The molecule has 2 heterocycles. The summed E-state index contributed by atoms with van der Waals surface area (Å²) in [4.78, 5) is 9.49. The highest BCUT2D eigenvalue weighted by molar-refractivity contribution is 7.18. The lowest BCUT2D eigenvalue weighted by Crippen LogP contribution is -2.29. The molecule has 2 aromatic heterocycles. The van der Waals surface area contributed by atoms with E-state index in [0.29, 0.717) is 23.5 Å². The van der Waals surface area contributed by atoms with Crippen LogP contribution in [-0.4, -0.2) is 21.7 Å². The van der Waals surface area contributed by atoms with Gasteiger partial charge in [0.1, 0.15) is 10.5 Å². The van der Waals surface area contributed by atoms with Gasteiger partial charge in [-0.05, 0) is 26.7 Å². The van der Waals surface area contributed by atoms with E-state index in [-0.39, 0.29) is 0 Å². The van der Waals surface area contributed by atoms with Crippen molar-refractivity contribution in [1.82, 2.24) is 15.1 Å². The first kappa shape index (κ1) is 14.9. The van der Waals surface area contributed by atoms with Crippen molar-refractivity contribution in [3.63, 3.8) is 0 Å². The van der Waals surface area contributed by atoms with E-state index in [9.17, 15) is 0 Å². The van der Waals surface area contributed by atoms with Crippen molar-refractivity contribution in [1.29, 1.82) is 0 Å². The largest absolute Gasteiger partial charge is 0.375 e. The first-order valence-corrected chi connectivity index (χ1v) is 7.59. The second-order valence-corrected chi connectivity index (χ2v) is 5.55. The number of rotatable bonds is 6. The normalized spacial score (nSPS) is 12.0. The van der Waals surface area contributed by atoms with E-state index in [4.69, 9.17) is 15.0 Å². The zero-order chi connectivity index (χ0) is 14.8. The summed E-state index contributed by atoms with van der Waals surface area (Å²) in [5.41, 5.74) is 6.02. The maximum absolute atomic E-state index is 5.88. The summed E-state index contributed by atoms with van der Waals surface area (Å²) in [5.74, 6) is 1.04. The Hall–Kier alpha value is -1.47. The average Bonchev–Trinajstić information content (AvgIpc) is 3.03. The van der Waals surface area contributed by atoms with Gasteiger partial charge in [0.2, 0.25) is 5.82 Å². The van der Waals surface area contributed by atoms with E-state index in [0.717, 1.165) is 23.4 Å². The Labute approximate surface area is 122 Å². The van der Waals surface area contributed by atoms with E-state index < -0.39 is 5.60 Å². The van der Waals surface area contributed by atoms with Gasteiger partial charge in [-0.2, -0.15) is 4.98 Å². The van der Waals surface area contributed by atoms with Gasteiger partial charge in [0.15, 0.2) is 5.13 Å². The van der Waals surface area contributed by atoms with Gasteiger partial charge in [-0.3, -0.25) is 0 Å². The highest BCUT2D eigenvalue weighted by atomic mass is 32.1. The summed E-state index contributed by atoms with van der Waals surface area (Å²) >= 11 is 1.35. The number of aromatic nitrogens is 3. The van der Waals surface area contributed by atoms with Crippen LogP contribution in [0.5, 0.6) is 0 Å². The molecule has 0 fully saturated rings. The van der Waals surface area contributed by atoms with Crippen molar-refractivity contribution < 1.29 is 9.26 Å². The van der Waals surface area contributed by atoms with Gasteiger partial charge in [0.25, 0.3) is 5.89 Å². The van der Waals surface area contributed by atoms with Crippen LogP contribution in [0.4, 0.5) is 5.13 Å². The Kier molecular flexibility index (Phi) is 4.39. The van der Waals surface area contributed by atoms with Crippen LogP contribution in [0, 0.1) is 6.92 Å². The molecule has 2 aromatic rings. The molecule has 0 bridgehead atoms. The van der Waals surface area contributed by atoms with Crippen LogP contribution in [0.15, 0.2) is 4.52 Å². The van der Waals surface area contributed by atoms with Crippen molar-refractivity contribution >= 4 is 16.5 Å². The Bertz CT molecular complexity index is 575. The molecule has 20 heavy (non-hydrogen) atoms. The van der Waals surface area contributed by atoms with E-state index in [2.05, 4.69) is 29.0 Å². The number of aryl methyl sites for hydroxylation is 1. The third kappa shape index (κ3) is 2.55. The van der Waals surface area contributed by atoms with E-state index >= 15 is 0 Å². The highest BCUT2D eigenvalue weighted by Gasteiger charge is 2.35. The first-order valence-electron chi connectivity index (χ1n) is 6.77. The van der Waals surface area contributed by atoms with Crippen LogP contribution in [0.25, 0.3) is 10.8 Å². The Morgan fingerprint density at radius 3 is 2.45 bits per heavy atom. The zero-order valence-corrected chi connectivity index (χ0v) is 13.1. The fourth-order valence-corrected chi connectivity index (χ4v) is 2.98. The molecule has 0 aromatic carbocycles. The van der Waals surface area contributed by atoms with Gasteiger partial charge in [-0.25, -0.2) is 4.98 Å². The van der Waals surface area contributed by atoms with Crippen molar-refractivity contribution in [2.75, 3.05) is 12.3 Å². The maximum Gasteiger partial charge on any atom is 0.270 e. The fraction of sp³-hybridized carbons (Fsp3) is 0.615. The molecule has 0 amide bonds. The number of ether oxygens (including phenoxy) is 1. The summed E-state index contributed by atoms with van der Waals surface area (Å²) in [6.07, 6.45) is 1.58. The summed E-state index contributed by atoms with van der Waals surface area (Å²) < 4.78 is 11.3. The standard InChI is InChI=1S/C13H20N4O2S/c1-5-13(6-2,18-7-3)11-16-10(19-17-11)9-8(4)15-12(14)20-9/h5-7H2,1-4H3,(H2,14,15). The lowest BCUT2D eigenvalue weighted by Gasteiger charge is -2.27. The van der Waals surface area contributed by atoms with Crippen molar-refractivity contribution in [3.05, 3.63) is 11.5 Å². The molecule has 0 aliphatic heterocycles. The minimum Gasteiger partial charge on any atom is -0.375 e. The Morgan fingerprint density at radius 1 is 1.25 bits per heavy atom. The molecule has 0 saturated heterocycles. The van der Waals surface area contributed by atoms with Crippen LogP contribution in [0.3, 0.4) is 0 Å². The molecule has 0 spiro atoms. The second-order valence-electron chi connectivity index (χ2n) is 4.52. The summed E-state index contributed by atoms with van der Waals surface area (Å²) in [7, 11) is 0. The smallest absolute Gasteiger partial charge is 0.270 e. The molecule has 2 N–H and O–H groups in total. The van der Waals surface area contributed by atoms with Gasteiger partial charge in [-0.15, -0.1) is 0 Å². The molecule has 7 heteroatoms. The van der Waals surface area contributed by atoms with Crippen molar-refractivity contribution in [2.24, 2.45) is 0 Å². The van der Waals surface area contributed by atoms with Crippen LogP contribution in [-0.2, 0) is 10.3 Å². The topological polar surface area (TPSA) is 87.1 Å². The molecule has 0 atom stereocenters. The quantitative estimate of drug-likeness (QED) is 0.881. The zero-order valence-electron chi connectivity index (χ0n) is 12.3. The maximum atomic E-state index is 5.88. The number of hydrogen-bond acceptors (Lipinski definition) is 7. The van der Waals surface area contributed by atoms with Crippen LogP contribution >= 0.6 is 11.3 Å². The monoisotopic (exact) mass is 296 g/mol. The second kappa shape index (κ2) is 5.88. The number of nitrogens with two attached hydrogens (primary N) is 1. The van der Waals surface area contributed by atoms with Crippen LogP contribution < -0.4 is 5.73 Å². The summed E-state index contributed by atoms with van der Waals surface area (Å²) in [6, 6.07) is 0. The number of hydrogen-bond donors (Lipinski definition) is 1. The fourth-order valence-electron chi connectivity index (χ4n) is 2.23. The SMILES string of the molecule is CCOC(CC)(CC)c1noc(-c2sc(N)nc2C)n1. The molecule has 0 aliphatic rings. The van der Waals surface area contributed by atoms with E-state index in [1.165, 1.54) is 11.3 Å². The predicted octanol–water partition coefficient (Wildman–Crippen LogP) is 3.14. The molecule has 0 aliphatic carbocycles. The number of anilines is 1. The summed E-state index contributed by atoms with van der Waals surface area (Å²) in [5, 5.41) is 4.60. The third-order valence-corrected chi connectivity index (χ3v) is 4.38. The van der Waals surface area contributed by atoms with Crippen molar-refractivity contribution in [3.8, 4) is 10.8 Å². The number of nitrogen functional groups attached to an aromatic ring is 1. The molecule has 6 nitrogen and oxygen atoms in total. The lowest BCUT2D eigenvalue weighted by atomic mass is 9.96. The average molecular weight is 296 g/mol. The molecular formula is C13H20N4O2S. The molecule has 0 saturated carbocycles. The van der Waals surface area contributed by atoms with Gasteiger partial charge in [0.05, 0.1) is 5.69 Å². The molecule has 0 radical (unpaired) electrons. The minimum atomic E-state index is -0.485. The van der Waals surface area contributed by atoms with E-state index in [1.54, 1.807) is 0 Å². The number of nitrogens with zero attached hydrogens (tertiary/aromatic N) is 3. The highest BCUT2D eigenvalue weighted by Crippen LogP contribution is 2.35. The molecule has 2 rings (SSSR count). The van der Waals surface area contributed by atoms with Gasteiger partial charge in [0, 0.05) is 6.61 Å². The van der Waals surface area contributed by atoms with Crippen LogP contribution in [0.1, 0.15) is 45.1 Å². The molecule has 110 valence electrons. The van der Waals surface area contributed by atoms with Gasteiger partial charge >= 0.3 is 0 Å². The molecule has 0 unspecified atom stereocenters. The van der Waals surface area contributed by atoms with E-state index in [1.807, 2.05) is 13.8 Å². The summed E-state index contributed by atoms with van der Waals surface area (Å²) in [6.45, 7) is 8.57. The van der Waals surface area contributed by atoms with Gasteiger partial charge < -0.3 is 15.0 Å². The minimum absolute atomic E-state index is 0.456. The Morgan fingerprint density at radius 2 is 1.95 bits per heavy atom. The lowest BCUT2D eigenvalue weighted by molar-refractivity contribution is -0.0583. The van der Waals surface area contributed by atoms with Gasteiger partial charge in [-0.1, -0.05) is 30.3 Å². The molecular weight excluding hydrogens is 276 g/mol. The van der Waals surface area contributed by atoms with Crippen molar-refractivity contribution in [2.45, 2.75) is 46.1 Å². The predicted molar refractivity (Wildman–Crippen MR) is 78.4 cm³/mol. The van der Waals surface area contributed by atoms with Crippen LogP contribution in [0.2, 0.25) is 0 Å². The Balaban J connectivity index is 2.39. The number of thiazole rings is 1.